The number of rotatable bonds is 5. The van der Waals surface area contributed by atoms with Crippen LogP contribution in [0.2, 0.25) is 0 Å². The van der Waals surface area contributed by atoms with Gasteiger partial charge in [0.2, 0.25) is 0 Å². The minimum Gasteiger partial charge on any atom is -0.484 e. The van der Waals surface area contributed by atoms with Crippen molar-refractivity contribution in [2.45, 2.75) is 18.9 Å². The van der Waals surface area contributed by atoms with Crippen LogP contribution in [-0.4, -0.2) is 25.6 Å². The zero-order valence-electron chi connectivity index (χ0n) is 27.9. The fraction of sp³-hybridized carbons (Fsp3) is 0.0652. The molecule has 3 heterocycles. The molecule has 6 aromatic carbocycles. The Morgan fingerprint density at radius 2 is 1.24 bits per heavy atom. The fourth-order valence-electron chi connectivity index (χ4n) is 7.55. The van der Waals surface area contributed by atoms with Gasteiger partial charge in [0.15, 0.2) is 17.5 Å². The van der Waals surface area contributed by atoms with Crippen LogP contribution in [0.4, 0.5) is 0 Å². The highest BCUT2D eigenvalue weighted by molar-refractivity contribution is 6.10. The first-order valence-corrected chi connectivity index (χ1v) is 17.4. The maximum atomic E-state index is 6.73. The summed E-state index contributed by atoms with van der Waals surface area (Å²) in [5, 5.41) is 2.48. The lowest BCUT2D eigenvalue weighted by molar-refractivity contribution is 0.270. The van der Waals surface area contributed by atoms with Crippen molar-refractivity contribution in [1.82, 2.24) is 19.5 Å². The van der Waals surface area contributed by atoms with E-state index in [0.29, 0.717) is 17.5 Å². The van der Waals surface area contributed by atoms with E-state index in [-0.39, 0.29) is 12.0 Å². The molecule has 2 unspecified atom stereocenters. The van der Waals surface area contributed by atoms with Gasteiger partial charge in [-0.1, -0.05) is 127 Å². The summed E-state index contributed by atoms with van der Waals surface area (Å²) in [7, 11) is 0. The van der Waals surface area contributed by atoms with Gasteiger partial charge in [0.1, 0.15) is 11.9 Å². The largest absolute Gasteiger partial charge is 0.484 e. The molecule has 5 nitrogen and oxygen atoms in total. The summed E-state index contributed by atoms with van der Waals surface area (Å²) in [6.07, 6.45) is 6.65. The molecule has 1 aliphatic heterocycles. The molecule has 1 aliphatic carbocycles. The molecule has 5 heteroatoms. The average molecular weight is 657 g/mol. The first-order chi connectivity index (χ1) is 25.2. The summed E-state index contributed by atoms with van der Waals surface area (Å²) in [5.41, 5.74) is 11.1. The maximum Gasteiger partial charge on any atom is 0.167 e. The van der Waals surface area contributed by atoms with Crippen molar-refractivity contribution in [3.8, 4) is 45.6 Å². The van der Waals surface area contributed by atoms with Crippen LogP contribution in [-0.2, 0) is 0 Å². The predicted octanol–water partition coefficient (Wildman–Crippen LogP) is 10.8. The van der Waals surface area contributed by atoms with Crippen molar-refractivity contribution in [2.75, 3.05) is 0 Å². The number of hydrogen-bond donors (Lipinski definition) is 0. The van der Waals surface area contributed by atoms with Crippen LogP contribution in [0.3, 0.4) is 0 Å². The summed E-state index contributed by atoms with van der Waals surface area (Å²) in [5.74, 6) is 2.76. The predicted molar refractivity (Wildman–Crippen MR) is 206 cm³/mol. The molecule has 0 spiro atoms. The third kappa shape index (κ3) is 4.97. The molecule has 0 saturated carbocycles. The van der Waals surface area contributed by atoms with Crippen LogP contribution in [0, 0.1) is 6.92 Å². The molecular formula is C46H32N4O. The molecule has 10 rings (SSSR count). The number of para-hydroxylation sites is 2. The Kier molecular flexibility index (Phi) is 6.78. The minimum atomic E-state index is -0.110. The first kappa shape index (κ1) is 29.3. The quantitative estimate of drug-likeness (QED) is 0.185. The lowest BCUT2D eigenvalue weighted by Gasteiger charge is -2.19. The van der Waals surface area contributed by atoms with E-state index in [4.69, 9.17) is 19.7 Å². The average Bonchev–Trinajstić information content (AvgIpc) is 3.74. The Hall–Kier alpha value is -6.59. The second-order valence-corrected chi connectivity index (χ2v) is 13.3. The van der Waals surface area contributed by atoms with Crippen molar-refractivity contribution in [1.29, 1.82) is 0 Å². The molecule has 51 heavy (non-hydrogen) atoms. The highest BCUT2D eigenvalue weighted by Crippen LogP contribution is 2.48. The van der Waals surface area contributed by atoms with Gasteiger partial charge in [0.05, 0.1) is 16.6 Å². The molecule has 0 N–H and O–H groups in total. The van der Waals surface area contributed by atoms with E-state index in [9.17, 15) is 0 Å². The van der Waals surface area contributed by atoms with E-state index < -0.39 is 0 Å². The van der Waals surface area contributed by atoms with Gasteiger partial charge in [-0.15, -0.1) is 0 Å². The van der Waals surface area contributed by atoms with Gasteiger partial charge in [-0.2, -0.15) is 0 Å². The third-order valence-corrected chi connectivity index (χ3v) is 10.1. The molecule has 0 amide bonds. The standard InChI is InChI=1S/C46H32N4O/c1-29-19-23-34(24-20-29)50-40-18-9-8-15-35(40)38-27-32(21-25-41(38)50)33-22-26-42-39(28-33)36-16-10-17-37(43(36)51-42)46-48-44(30-11-4-2-5-12-30)47-45(49-46)31-13-6-3-7-14-31/h2-28,39,42H,1H3. The Bertz CT molecular complexity index is 2620. The van der Waals surface area contributed by atoms with E-state index in [0.717, 1.165) is 28.0 Å². The molecule has 0 bridgehead atoms. The number of nitrogens with zero attached hydrogens (tertiary/aromatic N) is 4. The summed E-state index contributed by atoms with van der Waals surface area (Å²) in [6.45, 7) is 2.13. The summed E-state index contributed by atoms with van der Waals surface area (Å²) >= 11 is 0. The van der Waals surface area contributed by atoms with Gasteiger partial charge >= 0.3 is 0 Å². The fourth-order valence-corrected chi connectivity index (χ4v) is 7.55. The third-order valence-electron chi connectivity index (χ3n) is 10.1. The number of fused-ring (bicyclic) bond motifs is 6. The number of benzene rings is 6. The van der Waals surface area contributed by atoms with Crippen molar-refractivity contribution in [3.05, 3.63) is 181 Å². The number of aromatic nitrogens is 4. The minimum absolute atomic E-state index is 0.0635. The van der Waals surface area contributed by atoms with Crippen LogP contribution in [0.25, 0.3) is 67.2 Å². The molecule has 8 aromatic rings. The van der Waals surface area contributed by atoms with Crippen molar-refractivity contribution >= 4 is 27.4 Å². The van der Waals surface area contributed by atoms with Crippen LogP contribution < -0.4 is 4.74 Å². The highest BCUT2D eigenvalue weighted by atomic mass is 16.5. The van der Waals surface area contributed by atoms with Gasteiger partial charge in [0.25, 0.3) is 0 Å². The zero-order valence-corrected chi connectivity index (χ0v) is 27.9. The Labute approximate surface area is 295 Å². The normalized spacial score (nSPS) is 16.1. The Morgan fingerprint density at radius 3 is 1.98 bits per heavy atom. The smallest absolute Gasteiger partial charge is 0.167 e. The Balaban J connectivity index is 1.06. The Morgan fingerprint density at radius 1 is 0.569 bits per heavy atom. The van der Waals surface area contributed by atoms with Crippen molar-refractivity contribution in [2.24, 2.45) is 0 Å². The second kappa shape index (κ2) is 11.8. The van der Waals surface area contributed by atoms with E-state index in [2.05, 4.69) is 115 Å². The van der Waals surface area contributed by atoms with Crippen LogP contribution in [0.15, 0.2) is 164 Å². The van der Waals surface area contributed by atoms with Crippen molar-refractivity contribution in [3.63, 3.8) is 0 Å². The van der Waals surface area contributed by atoms with Crippen LogP contribution in [0.5, 0.6) is 5.75 Å². The van der Waals surface area contributed by atoms with Gasteiger partial charge in [-0.3, -0.25) is 0 Å². The molecule has 242 valence electrons. The highest BCUT2D eigenvalue weighted by Gasteiger charge is 2.36. The first-order valence-electron chi connectivity index (χ1n) is 17.4. The lowest BCUT2D eigenvalue weighted by Crippen LogP contribution is -2.17. The van der Waals surface area contributed by atoms with Gasteiger partial charge in [-0.05, 0) is 60.5 Å². The summed E-state index contributed by atoms with van der Waals surface area (Å²) in [6, 6.07) is 50.8. The molecule has 2 aliphatic rings. The summed E-state index contributed by atoms with van der Waals surface area (Å²) < 4.78 is 9.09. The van der Waals surface area contributed by atoms with Gasteiger partial charge in [-0.25, -0.2) is 15.0 Å². The monoisotopic (exact) mass is 656 g/mol. The lowest BCUT2D eigenvalue weighted by atomic mass is 9.86. The number of hydrogen-bond acceptors (Lipinski definition) is 4. The van der Waals surface area contributed by atoms with E-state index in [1.54, 1.807) is 0 Å². The SMILES string of the molecule is Cc1ccc(-n2c3ccccc3c3cc(C4=CC5c6cccc(-c7nc(-c8ccccc8)nc(-c8ccccc8)n7)c6OC5C=C4)ccc32)cc1. The number of ether oxygens (including phenoxy) is 1. The van der Waals surface area contributed by atoms with Gasteiger partial charge in [0, 0.05) is 39.1 Å². The topological polar surface area (TPSA) is 52.8 Å². The molecule has 2 atom stereocenters. The van der Waals surface area contributed by atoms with E-state index in [1.165, 1.54) is 44.2 Å². The van der Waals surface area contributed by atoms with Crippen LogP contribution >= 0.6 is 0 Å². The molecule has 2 aromatic heterocycles. The molecule has 0 radical (unpaired) electrons. The maximum absolute atomic E-state index is 6.73. The zero-order chi connectivity index (χ0) is 33.9. The van der Waals surface area contributed by atoms with E-state index in [1.807, 2.05) is 60.7 Å². The molecular weight excluding hydrogens is 625 g/mol. The number of allylic oxidation sites excluding steroid dienone is 2. The van der Waals surface area contributed by atoms with Gasteiger partial charge < -0.3 is 9.30 Å². The summed E-state index contributed by atoms with van der Waals surface area (Å²) in [4.78, 5) is 14.9. The second-order valence-electron chi connectivity index (χ2n) is 13.3. The molecule has 0 fully saturated rings. The van der Waals surface area contributed by atoms with Crippen LogP contribution in [0.1, 0.15) is 22.6 Å². The van der Waals surface area contributed by atoms with E-state index >= 15 is 0 Å². The number of aryl methyl sites for hydroxylation is 1. The van der Waals surface area contributed by atoms with Crippen molar-refractivity contribution < 1.29 is 4.74 Å². The molecule has 0 saturated heterocycles.